The molecule has 1 aliphatic heterocycles. The summed E-state index contributed by atoms with van der Waals surface area (Å²) in [5.41, 5.74) is 3.08. The van der Waals surface area contributed by atoms with Gasteiger partial charge in [-0.2, -0.15) is 0 Å². The van der Waals surface area contributed by atoms with Gasteiger partial charge in [0.1, 0.15) is 24.7 Å². The normalized spacial score (nSPS) is 13.7. The zero-order valence-electron chi connectivity index (χ0n) is 19.4. The van der Waals surface area contributed by atoms with E-state index in [2.05, 4.69) is 19.2 Å². The maximum atomic E-state index is 13.4. The van der Waals surface area contributed by atoms with Crippen molar-refractivity contribution >= 4 is 21.6 Å². The van der Waals surface area contributed by atoms with Crippen LogP contribution in [0, 0.1) is 0 Å². The van der Waals surface area contributed by atoms with Gasteiger partial charge in [-0.3, -0.25) is 9.10 Å². The van der Waals surface area contributed by atoms with Crippen molar-refractivity contribution in [2.24, 2.45) is 0 Å². The van der Waals surface area contributed by atoms with Crippen molar-refractivity contribution in [3.05, 3.63) is 72.3 Å². The first-order chi connectivity index (χ1) is 16.3. The second-order valence-corrected chi connectivity index (χ2v) is 10.1. The predicted octanol–water partition coefficient (Wildman–Crippen LogP) is 4.19. The molecule has 8 heteroatoms. The number of rotatable bonds is 8. The largest absolute Gasteiger partial charge is 0.497 e. The molecular formula is C26H28N2O5S. The molecular weight excluding hydrogens is 452 g/mol. The summed E-state index contributed by atoms with van der Waals surface area (Å²) in [6.45, 7) is 4.34. The number of carbonyl (C=O) groups is 1. The summed E-state index contributed by atoms with van der Waals surface area (Å²) in [6, 6.07) is 19.8. The number of anilines is 1. The van der Waals surface area contributed by atoms with Crippen LogP contribution in [0.2, 0.25) is 0 Å². The first kappa shape index (κ1) is 23.6. The first-order valence-electron chi connectivity index (χ1n) is 11.1. The number of carbonyl (C=O) groups excluding carboxylic acids is 1. The minimum Gasteiger partial charge on any atom is -0.497 e. The molecule has 0 radical (unpaired) electrons. The molecule has 3 aromatic carbocycles. The van der Waals surface area contributed by atoms with Crippen LogP contribution in [0.4, 0.5) is 5.69 Å². The number of nitrogens with zero attached hydrogens (tertiary/aromatic N) is 1. The fourth-order valence-electron chi connectivity index (χ4n) is 3.92. The van der Waals surface area contributed by atoms with Crippen molar-refractivity contribution in [2.75, 3.05) is 31.1 Å². The van der Waals surface area contributed by atoms with E-state index in [-0.39, 0.29) is 30.5 Å². The second kappa shape index (κ2) is 9.77. The van der Waals surface area contributed by atoms with E-state index >= 15 is 0 Å². The number of benzene rings is 3. The molecule has 0 aromatic heterocycles. The number of nitrogens with one attached hydrogen (secondary N) is 1. The number of hydrogen-bond acceptors (Lipinski definition) is 5. The van der Waals surface area contributed by atoms with Crippen molar-refractivity contribution in [1.29, 1.82) is 0 Å². The summed E-state index contributed by atoms with van der Waals surface area (Å²) in [4.78, 5) is 12.9. The van der Waals surface area contributed by atoms with Crippen LogP contribution in [-0.4, -0.2) is 41.1 Å². The zero-order valence-corrected chi connectivity index (χ0v) is 20.3. The Bertz CT molecular complexity index is 1300. The molecule has 1 aliphatic rings. The summed E-state index contributed by atoms with van der Waals surface area (Å²) < 4.78 is 38.8. The average Bonchev–Trinajstić information content (AvgIpc) is 2.84. The number of ether oxygens (including phenoxy) is 2. The van der Waals surface area contributed by atoms with Gasteiger partial charge in [-0.1, -0.05) is 44.2 Å². The quantitative estimate of drug-likeness (QED) is 0.489. The van der Waals surface area contributed by atoms with Gasteiger partial charge < -0.3 is 14.8 Å². The van der Waals surface area contributed by atoms with Crippen LogP contribution < -0.4 is 19.1 Å². The minimum absolute atomic E-state index is 0.206. The van der Waals surface area contributed by atoms with E-state index in [1.165, 1.54) is 4.31 Å². The van der Waals surface area contributed by atoms with Gasteiger partial charge in [-0.05, 0) is 41.8 Å². The lowest BCUT2D eigenvalue weighted by molar-refractivity contribution is -0.119. The van der Waals surface area contributed by atoms with Crippen molar-refractivity contribution in [3.8, 4) is 22.6 Å². The average molecular weight is 481 g/mol. The minimum atomic E-state index is -3.88. The van der Waals surface area contributed by atoms with Crippen LogP contribution >= 0.6 is 0 Å². The highest BCUT2D eigenvalue weighted by molar-refractivity contribution is 7.93. The zero-order chi connectivity index (χ0) is 24.3. The third-order valence-electron chi connectivity index (χ3n) is 5.72. The topological polar surface area (TPSA) is 84.9 Å². The second-order valence-electron chi connectivity index (χ2n) is 8.32. The molecule has 0 saturated carbocycles. The maximum absolute atomic E-state index is 13.4. The number of sulfonamides is 1. The molecule has 1 N–H and O–H groups in total. The van der Waals surface area contributed by atoms with Crippen LogP contribution in [0.3, 0.4) is 0 Å². The molecule has 0 saturated heterocycles. The van der Waals surface area contributed by atoms with Gasteiger partial charge in [0, 0.05) is 17.2 Å². The van der Waals surface area contributed by atoms with Gasteiger partial charge in [0.15, 0.2) is 0 Å². The van der Waals surface area contributed by atoms with Crippen LogP contribution in [0.5, 0.6) is 11.5 Å². The predicted molar refractivity (Wildman–Crippen MR) is 132 cm³/mol. The number of methoxy groups -OCH3 is 1. The molecule has 34 heavy (non-hydrogen) atoms. The highest BCUT2D eigenvalue weighted by Gasteiger charge is 2.36. The van der Waals surface area contributed by atoms with Crippen LogP contribution in [0.25, 0.3) is 11.1 Å². The van der Waals surface area contributed by atoms with E-state index in [9.17, 15) is 13.2 Å². The summed E-state index contributed by atoms with van der Waals surface area (Å²) in [7, 11) is -2.30. The SMILES string of the molecule is COc1cccc(OCCNC(=O)CN2c3ccc(C(C)C)cc3-c3ccccc3S2(=O)=O)c1. The van der Waals surface area contributed by atoms with Gasteiger partial charge in [-0.25, -0.2) is 8.42 Å². The van der Waals surface area contributed by atoms with Gasteiger partial charge >= 0.3 is 0 Å². The highest BCUT2D eigenvalue weighted by atomic mass is 32.2. The van der Waals surface area contributed by atoms with E-state index in [1.54, 1.807) is 37.4 Å². The standard InChI is InChI=1S/C26H28N2O5S/c1-18(2)19-11-12-24-23(15-19)22-9-4-5-10-25(22)34(30,31)28(24)17-26(29)27-13-14-33-21-8-6-7-20(16-21)32-3/h4-12,15-16,18H,13-14,17H2,1-3H3,(H,27,29). The lowest BCUT2D eigenvalue weighted by Crippen LogP contribution is -2.43. The van der Waals surface area contributed by atoms with E-state index in [0.29, 0.717) is 22.7 Å². The number of amides is 1. The highest BCUT2D eigenvalue weighted by Crippen LogP contribution is 2.43. The molecule has 0 atom stereocenters. The summed E-state index contributed by atoms with van der Waals surface area (Å²) in [5.74, 6) is 1.18. The van der Waals surface area contributed by atoms with Crippen LogP contribution in [0.1, 0.15) is 25.3 Å². The third kappa shape index (κ3) is 4.72. The fourth-order valence-corrected chi connectivity index (χ4v) is 5.56. The number of fused-ring (bicyclic) bond motifs is 3. The molecule has 3 aromatic rings. The van der Waals surface area contributed by atoms with E-state index < -0.39 is 15.9 Å². The summed E-state index contributed by atoms with van der Waals surface area (Å²) in [6.07, 6.45) is 0. The monoisotopic (exact) mass is 480 g/mol. The maximum Gasteiger partial charge on any atom is 0.265 e. The molecule has 0 aliphatic carbocycles. The third-order valence-corrected chi connectivity index (χ3v) is 7.54. The van der Waals surface area contributed by atoms with E-state index in [0.717, 1.165) is 11.1 Å². The molecule has 4 rings (SSSR count). The van der Waals surface area contributed by atoms with Crippen molar-refractivity contribution < 1.29 is 22.7 Å². The molecule has 178 valence electrons. The lowest BCUT2D eigenvalue weighted by Gasteiger charge is -2.32. The molecule has 0 spiro atoms. The molecule has 0 bridgehead atoms. The van der Waals surface area contributed by atoms with Crippen molar-refractivity contribution in [1.82, 2.24) is 5.32 Å². The lowest BCUT2D eigenvalue weighted by atomic mass is 9.95. The van der Waals surface area contributed by atoms with Crippen LogP contribution in [0.15, 0.2) is 71.6 Å². The molecule has 1 heterocycles. The van der Waals surface area contributed by atoms with Crippen molar-refractivity contribution in [2.45, 2.75) is 24.7 Å². The Morgan fingerprint density at radius 1 is 0.971 bits per heavy atom. The Labute approximate surface area is 200 Å². The fraction of sp³-hybridized carbons (Fsp3) is 0.269. The Balaban J connectivity index is 1.49. The Hall–Kier alpha value is -3.52. The van der Waals surface area contributed by atoms with Crippen molar-refractivity contribution in [3.63, 3.8) is 0 Å². The Morgan fingerprint density at radius 3 is 2.50 bits per heavy atom. The number of hydrogen-bond donors (Lipinski definition) is 1. The van der Waals surface area contributed by atoms with Gasteiger partial charge in [0.2, 0.25) is 5.91 Å². The smallest absolute Gasteiger partial charge is 0.265 e. The Kier molecular flexibility index (Phi) is 6.79. The molecule has 7 nitrogen and oxygen atoms in total. The van der Waals surface area contributed by atoms with E-state index in [4.69, 9.17) is 9.47 Å². The van der Waals surface area contributed by atoms with E-state index in [1.807, 2.05) is 36.4 Å². The molecule has 0 fully saturated rings. The van der Waals surface area contributed by atoms with Gasteiger partial charge in [0.25, 0.3) is 10.0 Å². The van der Waals surface area contributed by atoms with Gasteiger partial charge in [0.05, 0.1) is 24.2 Å². The summed E-state index contributed by atoms with van der Waals surface area (Å²) >= 11 is 0. The molecule has 1 amide bonds. The Morgan fingerprint density at radius 2 is 1.74 bits per heavy atom. The van der Waals surface area contributed by atoms with Gasteiger partial charge in [-0.15, -0.1) is 0 Å². The summed E-state index contributed by atoms with van der Waals surface area (Å²) in [5, 5.41) is 2.75. The van der Waals surface area contributed by atoms with Crippen LogP contribution in [-0.2, 0) is 14.8 Å². The molecule has 0 unspecified atom stereocenters. The first-order valence-corrected chi connectivity index (χ1v) is 12.5.